The Balaban J connectivity index is 2.16. The van der Waals surface area contributed by atoms with Crippen molar-refractivity contribution in [1.82, 2.24) is 5.32 Å². The van der Waals surface area contributed by atoms with Gasteiger partial charge in [0, 0.05) is 0 Å². The summed E-state index contributed by atoms with van der Waals surface area (Å²) in [4.78, 5) is 12.2. The van der Waals surface area contributed by atoms with Crippen LogP contribution in [0, 0.1) is 11.7 Å². The van der Waals surface area contributed by atoms with Gasteiger partial charge in [-0.3, -0.25) is 4.79 Å². The first-order valence-corrected chi connectivity index (χ1v) is 6.33. The number of nitrogens with one attached hydrogen (secondary N) is 1. The molecular weight excluding hydrogens is 275 g/mol. The highest BCUT2D eigenvalue weighted by Gasteiger charge is 2.34. The van der Waals surface area contributed by atoms with Crippen LogP contribution in [0.5, 0.6) is 0 Å². The molecule has 1 atom stereocenters. The Morgan fingerprint density at radius 3 is 2.78 bits per heavy atom. The van der Waals surface area contributed by atoms with Crippen molar-refractivity contribution in [3.05, 3.63) is 34.6 Å². The topological polar surface area (TPSA) is 55.1 Å². The Hall–Kier alpha value is -1.20. The lowest BCUT2D eigenvalue weighted by atomic mass is 10.1. The van der Waals surface area contributed by atoms with Crippen molar-refractivity contribution in [3.8, 4) is 0 Å². The molecule has 1 aliphatic carbocycles. The number of amides is 1. The Kier molecular flexibility index (Phi) is 3.82. The van der Waals surface area contributed by atoms with Crippen LogP contribution in [0.15, 0.2) is 18.2 Å². The van der Waals surface area contributed by atoms with Gasteiger partial charge < -0.3 is 11.1 Å². The van der Waals surface area contributed by atoms with E-state index in [0.717, 1.165) is 12.8 Å². The molecule has 0 spiro atoms. The zero-order valence-electron chi connectivity index (χ0n) is 9.45. The first-order valence-electron chi connectivity index (χ1n) is 5.55. The zero-order valence-corrected chi connectivity index (χ0v) is 11.0. The number of halogens is 2. The molecular formula is C12H12ClFN2OS. The molecule has 3 N–H and O–H groups in total. The molecule has 3 nitrogen and oxygen atoms in total. The van der Waals surface area contributed by atoms with E-state index in [1.165, 1.54) is 18.2 Å². The van der Waals surface area contributed by atoms with Gasteiger partial charge in [-0.1, -0.05) is 29.9 Å². The van der Waals surface area contributed by atoms with Gasteiger partial charge in [0.25, 0.3) is 5.91 Å². The van der Waals surface area contributed by atoms with Crippen LogP contribution in [0.25, 0.3) is 0 Å². The standard InChI is InChI=1S/C12H12ClFN2OS/c13-9-7(2-1-3-8(9)14)12(17)16-10(11(15)18)6-4-5-6/h1-3,6,10H,4-5H2,(H2,15,18)(H,16,17). The summed E-state index contributed by atoms with van der Waals surface area (Å²) >= 11 is 10.7. The molecule has 96 valence electrons. The minimum Gasteiger partial charge on any atom is -0.392 e. The van der Waals surface area contributed by atoms with E-state index in [1.807, 2.05) is 0 Å². The molecule has 1 aromatic rings. The van der Waals surface area contributed by atoms with Crippen molar-refractivity contribution in [2.45, 2.75) is 18.9 Å². The summed E-state index contributed by atoms with van der Waals surface area (Å²) in [6.45, 7) is 0. The van der Waals surface area contributed by atoms with Gasteiger partial charge >= 0.3 is 0 Å². The molecule has 6 heteroatoms. The van der Waals surface area contributed by atoms with Crippen molar-refractivity contribution in [1.29, 1.82) is 0 Å². The molecule has 2 rings (SSSR count). The molecule has 1 unspecified atom stereocenters. The maximum absolute atomic E-state index is 13.2. The molecule has 0 heterocycles. The lowest BCUT2D eigenvalue weighted by molar-refractivity contribution is 0.0943. The largest absolute Gasteiger partial charge is 0.392 e. The second kappa shape index (κ2) is 5.20. The second-order valence-electron chi connectivity index (χ2n) is 4.29. The molecule has 0 aliphatic heterocycles. The molecule has 0 aromatic heterocycles. The van der Waals surface area contributed by atoms with Crippen LogP contribution < -0.4 is 11.1 Å². The highest BCUT2D eigenvalue weighted by molar-refractivity contribution is 7.80. The molecule has 1 aromatic carbocycles. The van der Waals surface area contributed by atoms with E-state index in [0.29, 0.717) is 5.92 Å². The summed E-state index contributed by atoms with van der Waals surface area (Å²) in [5.74, 6) is -0.786. The lowest BCUT2D eigenvalue weighted by Crippen LogP contribution is -2.45. The number of thiocarbonyl (C=S) groups is 1. The normalized spacial score (nSPS) is 16.1. The molecule has 1 saturated carbocycles. The molecule has 0 radical (unpaired) electrons. The molecule has 1 fully saturated rings. The smallest absolute Gasteiger partial charge is 0.253 e. The first kappa shape index (κ1) is 13.2. The van der Waals surface area contributed by atoms with E-state index in [9.17, 15) is 9.18 Å². The number of benzene rings is 1. The Morgan fingerprint density at radius 2 is 2.22 bits per heavy atom. The summed E-state index contributed by atoms with van der Waals surface area (Å²) in [5, 5.41) is 2.52. The van der Waals surface area contributed by atoms with Crippen molar-refractivity contribution in [2.75, 3.05) is 0 Å². The van der Waals surface area contributed by atoms with Crippen molar-refractivity contribution >= 4 is 34.7 Å². The van der Waals surface area contributed by atoms with E-state index >= 15 is 0 Å². The van der Waals surface area contributed by atoms with Crippen LogP contribution in [0.4, 0.5) is 4.39 Å². The van der Waals surface area contributed by atoms with Crippen molar-refractivity contribution in [3.63, 3.8) is 0 Å². The summed E-state index contributed by atoms with van der Waals surface area (Å²) in [6, 6.07) is 3.75. The van der Waals surface area contributed by atoms with E-state index < -0.39 is 11.7 Å². The number of nitrogens with two attached hydrogens (primary N) is 1. The van der Waals surface area contributed by atoms with Crippen LogP contribution >= 0.6 is 23.8 Å². The molecule has 18 heavy (non-hydrogen) atoms. The minimum absolute atomic E-state index is 0.0959. The molecule has 1 aliphatic rings. The van der Waals surface area contributed by atoms with Gasteiger partial charge in [-0.2, -0.15) is 0 Å². The van der Waals surface area contributed by atoms with Crippen LogP contribution in [-0.4, -0.2) is 16.9 Å². The predicted octanol–water partition coefficient (Wildman–Crippen LogP) is 2.27. The van der Waals surface area contributed by atoms with Crippen LogP contribution in [-0.2, 0) is 0 Å². The summed E-state index contributed by atoms with van der Waals surface area (Å²) in [6.07, 6.45) is 1.97. The fraction of sp³-hybridized carbons (Fsp3) is 0.333. The first-order chi connectivity index (χ1) is 8.50. The average Bonchev–Trinajstić information content (AvgIpc) is 3.13. The highest BCUT2D eigenvalue weighted by Crippen LogP contribution is 2.33. The fourth-order valence-corrected chi connectivity index (χ4v) is 2.21. The Bertz CT molecular complexity index is 505. The van der Waals surface area contributed by atoms with Gasteiger partial charge in [0.05, 0.1) is 21.6 Å². The second-order valence-corrected chi connectivity index (χ2v) is 5.14. The monoisotopic (exact) mass is 286 g/mol. The van der Waals surface area contributed by atoms with E-state index in [1.54, 1.807) is 0 Å². The number of rotatable bonds is 4. The summed E-state index contributed by atoms with van der Waals surface area (Å²) in [7, 11) is 0. The highest BCUT2D eigenvalue weighted by atomic mass is 35.5. The Morgan fingerprint density at radius 1 is 1.56 bits per heavy atom. The maximum Gasteiger partial charge on any atom is 0.253 e. The summed E-state index contributed by atoms with van der Waals surface area (Å²) < 4.78 is 13.2. The molecule has 1 amide bonds. The summed E-state index contributed by atoms with van der Waals surface area (Å²) in [5.41, 5.74) is 5.68. The SMILES string of the molecule is NC(=S)C(NC(=O)c1cccc(F)c1Cl)C1CC1. The Labute approximate surface area is 114 Å². The van der Waals surface area contributed by atoms with Crippen LogP contribution in [0.1, 0.15) is 23.2 Å². The van der Waals surface area contributed by atoms with Gasteiger partial charge in [-0.25, -0.2) is 4.39 Å². The quantitative estimate of drug-likeness (QED) is 0.835. The van der Waals surface area contributed by atoms with Gasteiger partial charge in [0.15, 0.2) is 0 Å². The van der Waals surface area contributed by atoms with E-state index in [-0.39, 0.29) is 21.6 Å². The average molecular weight is 287 g/mol. The number of carbonyl (C=O) groups is 1. The third kappa shape index (κ3) is 2.79. The van der Waals surface area contributed by atoms with Crippen LogP contribution in [0.3, 0.4) is 0 Å². The number of hydrogen-bond acceptors (Lipinski definition) is 2. The van der Waals surface area contributed by atoms with Crippen LogP contribution in [0.2, 0.25) is 5.02 Å². The van der Waals surface area contributed by atoms with Gasteiger partial charge in [0.2, 0.25) is 0 Å². The predicted molar refractivity (Wildman–Crippen MR) is 72.2 cm³/mol. The number of hydrogen-bond donors (Lipinski definition) is 2. The van der Waals surface area contributed by atoms with E-state index in [4.69, 9.17) is 29.6 Å². The van der Waals surface area contributed by atoms with Gasteiger partial charge in [0.1, 0.15) is 5.82 Å². The van der Waals surface area contributed by atoms with Gasteiger partial charge in [-0.05, 0) is 30.9 Å². The fourth-order valence-electron chi connectivity index (χ4n) is 1.75. The molecule has 0 saturated heterocycles. The molecule has 0 bridgehead atoms. The van der Waals surface area contributed by atoms with Crippen molar-refractivity contribution in [2.24, 2.45) is 11.7 Å². The van der Waals surface area contributed by atoms with Gasteiger partial charge in [-0.15, -0.1) is 0 Å². The minimum atomic E-state index is -0.623. The number of carbonyl (C=O) groups excluding carboxylic acids is 1. The third-order valence-corrected chi connectivity index (χ3v) is 3.52. The zero-order chi connectivity index (χ0) is 13.3. The van der Waals surface area contributed by atoms with E-state index in [2.05, 4.69) is 5.32 Å². The lowest BCUT2D eigenvalue weighted by Gasteiger charge is -2.17. The maximum atomic E-state index is 13.2. The third-order valence-electron chi connectivity index (χ3n) is 2.88. The van der Waals surface area contributed by atoms with Crippen molar-refractivity contribution < 1.29 is 9.18 Å².